The summed E-state index contributed by atoms with van der Waals surface area (Å²) in [6, 6.07) is 13.9. The molecule has 1 saturated carbocycles. The van der Waals surface area contributed by atoms with Crippen molar-refractivity contribution in [3.05, 3.63) is 71.6 Å². The molecule has 1 amide bonds. The first kappa shape index (κ1) is 21.0. The Balaban J connectivity index is 1.25. The number of aromatic nitrogens is 5. The van der Waals surface area contributed by atoms with Crippen molar-refractivity contribution < 1.29 is 4.79 Å². The van der Waals surface area contributed by atoms with Crippen molar-refractivity contribution in [2.24, 2.45) is 5.92 Å². The van der Waals surface area contributed by atoms with Gasteiger partial charge in [0.05, 0.1) is 23.6 Å². The Morgan fingerprint density at radius 1 is 1.12 bits per heavy atom. The van der Waals surface area contributed by atoms with E-state index in [-0.39, 0.29) is 11.4 Å². The van der Waals surface area contributed by atoms with E-state index in [0.717, 1.165) is 47.9 Å². The highest BCUT2D eigenvalue weighted by Gasteiger charge is 2.54. The molecule has 5 heterocycles. The number of thiazole rings is 1. The number of piperidine rings is 2. The minimum absolute atomic E-state index is 0.0555. The largest absolute Gasteiger partial charge is 0.359 e. The molecule has 4 aromatic rings. The number of rotatable bonds is 6. The van der Waals surface area contributed by atoms with Crippen molar-refractivity contribution in [3.63, 3.8) is 0 Å². The maximum Gasteiger partial charge on any atom is 0.275 e. The van der Waals surface area contributed by atoms with Crippen molar-refractivity contribution in [2.75, 3.05) is 18.4 Å². The molecule has 3 aliphatic rings. The van der Waals surface area contributed by atoms with Crippen molar-refractivity contribution >= 4 is 22.4 Å². The van der Waals surface area contributed by atoms with Gasteiger partial charge in [-0.1, -0.05) is 30.3 Å². The number of hydrogen-bond acceptors (Lipinski definition) is 7. The van der Waals surface area contributed by atoms with Crippen LogP contribution in [0.4, 0.5) is 5.13 Å². The van der Waals surface area contributed by atoms with Gasteiger partial charge >= 0.3 is 0 Å². The minimum atomic E-state index is -0.223. The summed E-state index contributed by atoms with van der Waals surface area (Å²) in [4.78, 5) is 26.8. The molecular weight excluding hydrogens is 446 g/mol. The van der Waals surface area contributed by atoms with Gasteiger partial charge < -0.3 is 10.2 Å². The Morgan fingerprint density at radius 3 is 2.71 bits per heavy atom. The number of benzene rings is 1. The number of nitrogens with zero attached hydrogens (tertiary/aromatic N) is 6. The molecule has 3 fully saturated rings. The number of anilines is 1. The zero-order valence-electron chi connectivity index (χ0n) is 18.9. The highest BCUT2D eigenvalue weighted by atomic mass is 32.1. The van der Waals surface area contributed by atoms with E-state index < -0.39 is 0 Å². The van der Waals surface area contributed by atoms with Gasteiger partial charge in [0.15, 0.2) is 10.8 Å². The second-order valence-electron chi connectivity index (χ2n) is 9.14. The molecule has 1 N–H and O–H groups in total. The van der Waals surface area contributed by atoms with E-state index in [4.69, 9.17) is 4.98 Å². The van der Waals surface area contributed by atoms with Crippen LogP contribution < -0.4 is 5.32 Å². The monoisotopic (exact) mass is 471 g/mol. The predicted molar refractivity (Wildman–Crippen MR) is 131 cm³/mol. The molecule has 2 bridgehead atoms. The Bertz CT molecular complexity index is 1310. The molecule has 2 saturated heterocycles. The lowest BCUT2D eigenvalue weighted by Gasteiger charge is -2.59. The Labute approximate surface area is 201 Å². The van der Waals surface area contributed by atoms with Crippen LogP contribution >= 0.6 is 11.3 Å². The van der Waals surface area contributed by atoms with E-state index in [0.29, 0.717) is 23.8 Å². The lowest BCUT2D eigenvalue weighted by molar-refractivity contribution is -0.0490. The summed E-state index contributed by atoms with van der Waals surface area (Å²) in [7, 11) is 0. The molecule has 9 heteroatoms. The number of fused-ring (bicyclic) bond motifs is 2. The van der Waals surface area contributed by atoms with Crippen LogP contribution in [0.1, 0.15) is 35.4 Å². The minimum Gasteiger partial charge on any atom is -0.359 e. The Kier molecular flexibility index (Phi) is 5.13. The van der Waals surface area contributed by atoms with Gasteiger partial charge in [-0.2, -0.15) is 10.2 Å². The second kappa shape index (κ2) is 8.32. The third kappa shape index (κ3) is 3.66. The van der Waals surface area contributed by atoms with Crippen LogP contribution in [0.15, 0.2) is 60.2 Å². The zero-order valence-corrected chi connectivity index (χ0v) is 19.7. The van der Waals surface area contributed by atoms with Crippen LogP contribution in [0.5, 0.6) is 0 Å². The van der Waals surface area contributed by atoms with Crippen LogP contribution in [0, 0.1) is 12.8 Å². The van der Waals surface area contributed by atoms with E-state index in [9.17, 15) is 4.79 Å². The van der Waals surface area contributed by atoms with E-state index >= 15 is 0 Å². The molecular formula is C25H25N7OS. The SMILES string of the molecule is Cc1ccc(-n2nccn2)c(C(=O)N2CCC3CC2(CNc2nc(-c4ccccc4)cs2)C3)n1. The number of pyridine rings is 1. The normalized spacial score (nSPS) is 21.2. The van der Waals surface area contributed by atoms with Gasteiger partial charge in [0.1, 0.15) is 5.69 Å². The fourth-order valence-electron chi connectivity index (χ4n) is 5.22. The summed E-state index contributed by atoms with van der Waals surface area (Å²) in [6.07, 6.45) is 6.25. The average Bonchev–Trinajstić information content (AvgIpc) is 3.55. The number of aryl methyl sites for hydroxylation is 1. The maximum atomic E-state index is 13.9. The van der Waals surface area contributed by atoms with Gasteiger partial charge in [-0.05, 0) is 44.2 Å². The van der Waals surface area contributed by atoms with Crippen molar-refractivity contribution in [2.45, 2.75) is 31.7 Å². The molecule has 8 nitrogen and oxygen atoms in total. The highest BCUT2D eigenvalue weighted by Crippen LogP contribution is 2.49. The molecule has 0 radical (unpaired) electrons. The van der Waals surface area contributed by atoms with Gasteiger partial charge in [-0.3, -0.25) is 4.79 Å². The molecule has 1 aliphatic carbocycles. The van der Waals surface area contributed by atoms with Crippen molar-refractivity contribution in [1.29, 1.82) is 0 Å². The molecule has 0 unspecified atom stereocenters. The lowest BCUT2D eigenvalue weighted by atomic mass is 9.62. The third-order valence-electron chi connectivity index (χ3n) is 6.91. The van der Waals surface area contributed by atoms with E-state index in [2.05, 4.69) is 38.0 Å². The smallest absolute Gasteiger partial charge is 0.275 e. The molecule has 0 atom stereocenters. The Morgan fingerprint density at radius 2 is 1.91 bits per heavy atom. The molecule has 0 spiro atoms. The summed E-state index contributed by atoms with van der Waals surface area (Å²) in [6.45, 7) is 3.31. The third-order valence-corrected chi connectivity index (χ3v) is 7.71. The number of hydrogen-bond donors (Lipinski definition) is 1. The summed E-state index contributed by atoms with van der Waals surface area (Å²) >= 11 is 1.60. The van der Waals surface area contributed by atoms with Crippen LogP contribution in [0.3, 0.4) is 0 Å². The molecule has 1 aromatic carbocycles. The van der Waals surface area contributed by atoms with Crippen LogP contribution in [-0.2, 0) is 0 Å². The molecule has 7 rings (SSSR count). The topological polar surface area (TPSA) is 88.8 Å². The van der Waals surface area contributed by atoms with E-state index in [1.165, 1.54) is 4.80 Å². The average molecular weight is 472 g/mol. The summed E-state index contributed by atoms with van der Waals surface area (Å²) in [5.41, 5.74) is 3.66. The van der Waals surface area contributed by atoms with Crippen molar-refractivity contribution in [1.82, 2.24) is 29.9 Å². The number of nitrogens with one attached hydrogen (secondary N) is 1. The second-order valence-corrected chi connectivity index (χ2v) is 10.00. The standard InChI is InChI=1S/C25H25N7OS/c1-17-7-8-21(32-27-10-11-28-32)22(29-17)23(33)31-12-9-18-13-25(31,14-18)16-26-24-30-20(15-34-24)19-5-3-2-4-6-19/h2-8,10-11,15,18H,9,12-14,16H2,1H3,(H,26,30). The zero-order chi connectivity index (χ0) is 23.1. The summed E-state index contributed by atoms with van der Waals surface area (Å²) in [5, 5.41) is 14.9. The quantitative estimate of drug-likeness (QED) is 0.453. The van der Waals surface area contributed by atoms with Crippen LogP contribution in [0.25, 0.3) is 16.9 Å². The predicted octanol–water partition coefficient (Wildman–Crippen LogP) is 4.20. The van der Waals surface area contributed by atoms with Gasteiger partial charge in [0.2, 0.25) is 0 Å². The molecule has 172 valence electrons. The van der Waals surface area contributed by atoms with Gasteiger partial charge in [0.25, 0.3) is 5.91 Å². The van der Waals surface area contributed by atoms with Crippen molar-refractivity contribution in [3.8, 4) is 16.9 Å². The number of carbonyl (C=O) groups is 1. The summed E-state index contributed by atoms with van der Waals surface area (Å²) in [5.74, 6) is 0.625. The number of amides is 1. The highest BCUT2D eigenvalue weighted by molar-refractivity contribution is 7.14. The lowest BCUT2D eigenvalue weighted by Crippen LogP contribution is -2.67. The van der Waals surface area contributed by atoms with E-state index in [1.807, 2.05) is 42.2 Å². The van der Waals surface area contributed by atoms with Gasteiger partial charge in [-0.15, -0.1) is 16.1 Å². The molecule has 2 aliphatic heterocycles. The maximum absolute atomic E-state index is 13.9. The fraction of sp³-hybridized carbons (Fsp3) is 0.320. The van der Waals surface area contributed by atoms with Gasteiger partial charge in [0, 0.05) is 29.7 Å². The van der Waals surface area contributed by atoms with Crippen LogP contribution in [0.2, 0.25) is 0 Å². The molecule has 34 heavy (non-hydrogen) atoms. The first-order valence-corrected chi connectivity index (χ1v) is 12.4. The molecule has 3 aromatic heterocycles. The Hall–Kier alpha value is -3.59. The summed E-state index contributed by atoms with van der Waals surface area (Å²) < 4.78 is 0. The first-order chi connectivity index (χ1) is 16.6. The van der Waals surface area contributed by atoms with Crippen LogP contribution in [-0.4, -0.2) is 54.4 Å². The van der Waals surface area contributed by atoms with E-state index in [1.54, 1.807) is 23.7 Å². The number of carbonyl (C=O) groups excluding carboxylic acids is 1. The first-order valence-electron chi connectivity index (χ1n) is 11.5. The van der Waals surface area contributed by atoms with Gasteiger partial charge in [-0.25, -0.2) is 9.97 Å². The fourth-order valence-corrected chi connectivity index (χ4v) is 5.94.